The Morgan fingerprint density at radius 1 is 1.20 bits per heavy atom. The second kappa shape index (κ2) is 6.72. The van der Waals surface area contributed by atoms with Crippen LogP contribution in [0.4, 0.5) is 23.2 Å². The smallest absolute Gasteiger partial charge is 0.419 e. The molecule has 1 atom stereocenters. The van der Waals surface area contributed by atoms with E-state index in [1.165, 1.54) is 4.90 Å². The molecule has 4 N–H and O–H groups in total. The number of carbonyl (C=O) groups is 1. The number of ether oxygens (including phenoxy) is 1. The fourth-order valence-corrected chi connectivity index (χ4v) is 3.61. The fraction of sp³-hybridized carbons (Fsp3) is 0.471. The summed E-state index contributed by atoms with van der Waals surface area (Å²) in [7, 11) is 0. The molecule has 1 aliphatic heterocycles. The molecule has 2 aliphatic rings. The van der Waals surface area contributed by atoms with Crippen molar-refractivity contribution in [3.8, 4) is 5.75 Å². The molecule has 30 heavy (non-hydrogen) atoms. The number of anilines is 1. The van der Waals surface area contributed by atoms with Gasteiger partial charge in [0.15, 0.2) is 5.82 Å². The van der Waals surface area contributed by atoms with Gasteiger partial charge in [-0.1, -0.05) is 0 Å². The molecular weight excluding hydrogens is 414 g/mol. The third-order valence-electron chi connectivity index (χ3n) is 5.18. The lowest BCUT2D eigenvalue weighted by molar-refractivity contribution is -0.189. The summed E-state index contributed by atoms with van der Waals surface area (Å²) in [5, 5.41) is -0.716. The molecule has 2 heterocycles. The number of halogens is 4. The van der Waals surface area contributed by atoms with Gasteiger partial charge in [-0.2, -0.15) is 17.8 Å². The van der Waals surface area contributed by atoms with Gasteiger partial charge >= 0.3 is 17.8 Å². The third kappa shape index (κ3) is 3.18. The Morgan fingerprint density at radius 3 is 2.40 bits per heavy atom. The van der Waals surface area contributed by atoms with Crippen molar-refractivity contribution in [2.45, 2.75) is 37.5 Å². The quantitative estimate of drug-likeness (QED) is 0.311. The molecule has 0 bridgehead atoms. The van der Waals surface area contributed by atoms with Gasteiger partial charge < -0.3 is 21.2 Å². The number of carbonyl (C=O) groups excluding carboxylic acids is 1. The van der Waals surface area contributed by atoms with E-state index in [0.29, 0.717) is 19.3 Å². The molecule has 1 aromatic heterocycles. The van der Waals surface area contributed by atoms with Crippen molar-refractivity contribution in [1.29, 1.82) is 0 Å². The Morgan fingerprint density at radius 2 is 1.87 bits per heavy atom. The highest BCUT2D eigenvalue weighted by atomic mass is 19.4. The van der Waals surface area contributed by atoms with Crippen molar-refractivity contribution in [2.75, 3.05) is 23.8 Å². The molecule has 9 nitrogen and oxygen atoms in total. The van der Waals surface area contributed by atoms with Crippen molar-refractivity contribution in [3.63, 3.8) is 0 Å². The van der Waals surface area contributed by atoms with Crippen LogP contribution in [0.25, 0.3) is 10.9 Å². The van der Waals surface area contributed by atoms with Crippen molar-refractivity contribution >= 4 is 22.6 Å². The van der Waals surface area contributed by atoms with Crippen LogP contribution in [-0.2, 0) is 4.79 Å². The Kier molecular flexibility index (Phi) is 4.52. The fourth-order valence-electron chi connectivity index (χ4n) is 3.61. The van der Waals surface area contributed by atoms with Crippen LogP contribution in [-0.4, -0.2) is 40.5 Å². The molecular formula is C17H17F4N5O4. The lowest BCUT2D eigenvalue weighted by atomic mass is 10.1. The van der Waals surface area contributed by atoms with Crippen LogP contribution in [0.5, 0.6) is 5.75 Å². The van der Waals surface area contributed by atoms with Crippen LogP contribution in [0.15, 0.2) is 15.7 Å². The van der Waals surface area contributed by atoms with Crippen molar-refractivity contribution in [1.82, 2.24) is 9.24 Å². The minimum atomic E-state index is -5.36. The largest absolute Gasteiger partial charge is 0.491 e. The average molecular weight is 431 g/mol. The van der Waals surface area contributed by atoms with Gasteiger partial charge in [-0.3, -0.25) is 9.36 Å². The van der Waals surface area contributed by atoms with E-state index < -0.39 is 51.9 Å². The van der Waals surface area contributed by atoms with Crippen LogP contribution in [0.1, 0.15) is 25.3 Å². The van der Waals surface area contributed by atoms with Gasteiger partial charge in [0.25, 0.3) is 5.56 Å². The zero-order valence-electron chi connectivity index (χ0n) is 15.4. The van der Waals surface area contributed by atoms with Gasteiger partial charge in [0.1, 0.15) is 16.7 Å². The molecule has 162 valence electrons. The standard InChI is InChI=1S/C17H17F4N5O4/c18-12-9(24-4-3-7(22)6-24)5-10(30-15(28)17(19,20)21)11-13(12)25(8-1-2-8)16(29)26(23)14(11)27/h5,7-8H,1-4,6,22-23H2. The molecule has 0 amide bonds. The summed E-state index contributed by atoms with van der Waals surface area (Å²) in [6.45, 7) is 0.481. The molecule has 0 spiro atoms. The predicted molar refractivity (Wildman–Crippen MR) is 97.3 cm³/mol. The predicted octanol–water partition coefficient (Wildman–Crippen LogP) is 0.356. The Balaban J connectivity index is 2.05. The molecule has 1 saturated carbocycles. The third-order valence-corrected chi connectivity index (χ3v) is 5.18. The van der Waals surface area contributed by atoms with E-state index >= 15 is 4.39 Å². The summed E-state index contributed by atoms with van der Waals surface area (Å²) in [4.78, 5) is 38.0. The number of nitrogens with zero attached hydrogens (tertiary/aromatic N) is 3. The maximum atomic E-state index is 15.5. The first-order valence-corrected chi connectivity index (χ1v) is 9.09. The topological polar surface area (TPSA) is 126 Å². The van der Waals surface area contributed by atoms with Gasteiger partial charge in [-0.15, -0.1) is 0 Å². The summed E-state index contributed by atoms with van der Waals surface area (Å²) < 4.78 is 59.4. The van der Waals surface area contributed by atoms with Crippen LogP contribution in [0.2, 0.25) is 0 Å². The van der Waals surface area contributed by atoms with Crippen LogP contribution in [0, 0.1) is 5.82 Å². The summed E-state index contributed by atoms with van der Waals surface area (Å²) in [5.74, 6) is 1.07. The van der Waals surface area contributed by atoms with Gasteiger partial charge in [0.2, 0.25) is 0 Å². The summed E-state index contributed by atoms with van der Waals surface area (Å²) in [6.07, 6.45) is -3.88. The van der Waals surface area contributed by atoms with Gasteiger partial charge in [-0.25, -0.2) is 14.0 Å². The van der Waals surface area contributed by atoms with Gasteiger partial charge in [0, 0.05) is 31.2 Å². The lowest BCUT2D eigenvalue weighted by Crippen LogP contribution is -2.45. The molecule has 1 saturated heterocycles. The van der Waals surface area contributed by atoms with Gasteiger partial charge in [0.05, 0.1) is 5.69 Å². The zero-order valence-corrected chi connectivity index (χ0v) is 15.4. The van der Waals surface area contributed by atoms with Crippen LogP contribution < -0.4 is 32.5 Å². The molecule has 2 fully saturated rings. The number of esters is 1. The Bertz CT molecular complexity index is 1170. The second-order valence-corrected chi connectivity index (χ2v) is 7.37. The summed E-state index contributed by atoms with van der Waals surface area (Å²) >= 11 is 0. The number of hydrogen-bond donors (Lipinski definition) is 2. The normalized spacial score (nSPS) is 19.5. The van der Waals surface area contributed by atoms with E-state index in [1.54, 1.807) is 0 Å². The molecule has 1 aromatic carbocycles. The number of fused-ring (bicyclic) bond motifs is 1. The number of aromatic nitrogens is 2. The van der Waals surface area contributed by atoms with E-state index in [2.05, 4.69) is 4.74 Å². The van der Waals surface area contributed by atoms with Crippen LogP contribution >= 0.6 is 0 Å². The maximum absolute atomic E-state index is 15.5. The second-order valence-electron chi connectivity index (χ2n) is 7.37. The van der Waals surface area contributed by atoms with E-state index in [9.17, 15) is 27.6 Å². The molecule has 13 heteroatoms. The van der Waals surface area contributed by atoms with Gasteiger partial charge in [-0.05, 0) is 19.3 Å². The highest BCUT2D eigenvalue weighted by Gasteiger charge is 2.42. The monoisotopic (exact) mass is 431 g/mol. The number of nitrogen functional groups attached to an aromatic ring is 1. The van der Waals surface area contributed by atoms with E-state index in [-0.39, 0.29) is 29.5 Å². The SMILES string of the molecule is NC1CCN(c2cc(OC(=O)C(F)(F)F)c3c(=O)n(N)c(=O)n(C4CC4)c3c2F)C1. The highest BCUT2D eigenvalue weighted by molar-refractivity contribution is 5.92. The number of rotatable bonds is 3. The average Bonchev–Trinajstić information content (AvgIpc) is 3.41. The summed E-state index contributed by atoms with van der Waals surface area (Å²) in [6, 6.07) is 0.0544. The molecule has 1 unspecified atom stereocenters. The molecule has 0 radical (unpaired) electrons. The Hall–Kier alpha value is -3.09. The molecule has 1 aliphatic carbocycles. The number of benzene rings is 1. The van der Waals surface area contributed by atoms with Crippen molar-refractivity contribution in [2.24, 2.45) is 5.73 Å². The van der Waals surface area contributed by atoms with Crippen LogP contribution in [0.3, 0.4) is 0 Å². The first-order valence-electron chi connectivity index (χ1n) is 9.09. The van der Waals surface area contributed by atoms with Crippen molar-refractivity contribution < 1.29 is 27.1 Å². The summed E-state index contributed by atoms with van der Waals surface area (Å²) in [5.41, 5.74) is 2.78. The first kappa shape index (κ1) is 20.2. The van der Waals surface area contributed by atoms with E-state index in [4.69, 9.17) is 11.6 Å². The Labute approximate surface area is 165 Å². The number of nitrogens with two attached hydrogens (primary N) is 2. The van der Waals surface area contributed by atoms with E-state index in [0.717, 1.165) is 10.6 Å². The first-order chi connectivity index (χ1) is 14.0. The minimum absolute atomic E-state index is 0.163. The lowest BCUT2D eigenvalue weighted by Gasteiger charge is -2.23. The molecule has 2 aromatic rings. The van der Waals surface area contributed by atoms with Crippen molar-refractivity contribution in [3.05, 3.63) is 32.7 Å². The number of alkyl halides is 3. The highest BCUT2D eigenvalue weighted by Crippen LogP contribution is 2.40. The maximum Gasteiger partial charge on any atom is 0.491 e. The van der Waals surface area contributed by atoms with E-state index in [1.807, 2.05) is 0 Å². The minimum Gasteiger partial charge on any atom is -0.419 e. The zero-order chi connectivity index (χ0) is 22.0. The number of hydrogen-bond acceptors (Lipinski definition) is 7. The molecule has 4 rings (SSSR count).